The Hall–Kier alpha value is -1.44. The second-order valence-electron chi connectivity index (χ2n) is 5.54. The van der Waals surface area contributed by atoms with Crippen molar-refractivity contribution >= 4 is 21.1 Å². The zero-order valence-corrected chi connectivity index (χ0v) is 13.2. The minimum Gasteiger partial charge on any atom is -0.389 e. The summed E-state index contributed by atoms with van der Waals surface area (Å²) in [7, 11) is -3.70. The van der Waals surface area contributed by atoms with E-state index in [2.05, 4.69) is 14.7 Å². The van der Waals surface area contributed by atoms with Crippen LogP contribution < -0.4 is 4.72 Å². The molecule has 0 aliphatic rings. The van der Waals surface area contributed by atoms with Crippen LogP contribution in [0.5, 0.6) is 0 Å². The second kappa shape index (κ2) is 5.75. The number of sulfonamides is 1. The number of nitrogens with zero attached hydrogens (tertiary/aromatic N) is 1. The van der Waals surface area contributed by atoms with Crippen LogP contribution >= 0.6 is 0 Å². The van der Waals surface area contributed by atoms with Crippen LogP contribution in [0.2, 0.25) is 0 Å². The maximum absolute atomic E-state index is 12.4. The van der Waals surface area contributed by atoms with E-state index >= 15 is 0 Å². The van der Waals surface area contributed by atoms with Crippen molar-refractivity contribution in [3.63, 3.8) is 0 Å². The van der Waals surface area contributed by atoms with Crippen molar-refractivity contribution in [2.75, 3.05) is 6.54 Å². The van der Waals surface area contributed by atoms with Crippen LogP contribution in [0.1, 0.15) is 27.2 Å². The van der Waals surface area contributed by atoms with Crippen molar-refractivity contribution in [1.29, 1.82) is 0 Å². The lowest BCUT2D eigenvalue weighted by Gasteiger charge is -2.29. The number of rotatable bonds is 6. The summed E-state index contributed by atoms with van der Waals surface area (Å²) in [6, 6.07) is 3.38. The summed E-state index contributed by atoms with van der Waals surface area (Å²) in [6.07, 6.45) is 3.78. The highest BCUT2D eigenvalue weighted by Gasteiger charge is 2.30. The number of hydrogen-bond acceptors (Lipinski definition) is 4. The lowest BCUT2D eigenvalue weighted by molar-refractivity contribution is 0.0102. The summed E-state index contributed by atoms with van der Waals surface area (Å²) in [5.74, 6) is -0.00941. The minimum absolute atomic E-state index is 0.00941. The molecule has 21 heavy (non-hydrogen) atoms. The smallest absolute Gasteiger partial charge is 0.242 e. The maximum Gasteiger partial charge on any atom is 0.242 e. The third-order valence-electron chi connectivity index (χ3n) is 4.00. The standard InChI is InChI=1S/C14H21N3O3S/c1-4-10(2)14(3,18)9-17-21(19,20)12-8-16-13-11(12)6-5-7-15-13/h5-8,10,17-18H,4,9H2,1-3H3,(H,15,16). The lowest BCUT2D eigenvalue weighted by Crippen LogP contribution is -2.44. The lowest BCUT2D eigenvalue weighted by atomic mass is 9.89. The molecular weight excluding hydrogens is 290 g/mol. The van der Waals surface area contributed by atoms with Gasteiger partial charge in [0.05, 0.1) is 5.60 Å². The van der Waals surface area contributed by atoms with E-state index in [1.165, 1.54) is 6.20 Å². The summed E-state index contributed by atoms with van der Waals surface area (Å²) in [5, 5.41) is 10.8. The molecule has 0 spiro atoms. The molecule has 7 heteroatoms. The van der Waals surface area contributed by atoms with Crippen molar-refractivity contribution in [3.05, 3.63) is 24.5 Å². The van der Waals surface area contributed by atoms with E-state index in [9.17, 15) is 13.5 Å². The number of aromatic amines is 1. The third kappa shape index (κ3) is 3.25. The van der Waals surface area contributed by atoms with Crippen molar-refractivity contribution in [1.82, 2.24) is 14.7 Å². The van der Waals surface area contributed by atoms with Crippen LogP contribution in [0.3, 0.4) is 0 Å². The van der Waals surface area contributed by atoms with E-state index < -0.39 is 15.6 Å². The summed E-state index contributed by atoms with van der Waals surface area (Å²) in [5.41, 5.74) is -0.571. The molecule has 2 heterocycles. The molecule has 0 bridgehead atoms. The largest absolute Gasteiger partial charge is 0.389 e. The fraction of sp³-hybridized carbons (Fsp3) is 0.500. The first-order valence-electron chi connectivity index (χ1n) is 6.92. The zero-order chi connectivity index (χ0) is 15.7. The average molecular weight is 311 g/mol. The van der Waals surface area contributed by atoms with Crippen LogP contribution in [-0.2, 0) is 10.0 Å². The summed E-state index contributed by atoms with van der Waals surface area (Å²) in [4.78, 5) is 7.05. The van der Waals surface area contributed by atoms with Gasteiger partial charge in [-0.05, 0) is 25.0 Å². The predicted octanol–water partition coefficient (Wildman–Crippen LogP) is 1.64. The second-order valence-corrected chi connectivity index (χ2v) is 7.28. The van der Waals surface area contributed by atoms with Crippen molar-refractivity contribution in [2.24, 2.45) is 5.92 Å². The normalized spacial score (nSPS) is 16.8. The molecule has 2 aromatic rings. The maximum atomic E-state index is 12.4. The number of fused-ring (bicyclic) bond motifs is 1. The zero-order valence-electron chi connectivity index (χ0n) is 12.4. The van der Waals surface area contributed by atoms with Gasteiger partial charge in [0.2, 0.25) is 10.0 Å². The van der Waals surface area contributed by atoms with Crippen LogP contribution in [0, 0.1) is 5.92 Å². The SMILES string of the molecule is CCC(C)C(C)(O)CNS(=O)(=O)c1c[nH]c2ncccc12. The molecule has 6 nitrogen and oxygen atoms in total. The number of nitrogens with one attached hydrogen (secondary N) is 2. The first kappa shape index (κ1) is 15.9. The van der Waals surface area contributed by atoms with Crippen LogP contribution in [0.15, 0.2) is 29.4 Å². The molecule has 2 atom stereocenters. The third-order valence-corrected chi connectivity index (χ3v) is 5.44. The van der Waals surface area contributed by atoms with Gasteiger partial charge in [-0.2, -0.15) is 0 Å². The van der Waals surface area contributed by atoms with Gasteiger partial charge in [0.15, 0.2) is 0 Å². The molecule has 0 fully saturated rings. The Balaban J connectivity index is 2.23. The van der Waals surface area contributed by atoms with Crippen LogP contribution in [0.25, 0.3) is 11.0 Å². The van der Waals surface area contributed by atoms with Gasteiger partial charge >= 0.3 is 0 Å². The molecule has 0 aliphatic carbocycles. The molecule has 0 radical (unpaired) electrons. The van der Waals surface area contributed by atoms with Gasteiger partial charge in [0.1, 0.15) is 10.5 Å². The fourth-order valence-electron chi connectivity index (χ4n) is 2.09. The average Bonchev–Trinajstić information content (AvgIpc) is 2.89. The molecule has 2 unspecified atom stereocenters. The summed E-state index contributed by atoms with van der Waals surface area (Å²) >= 11 is 0. The van der Waals surface area contributed by atoms with Crippen LogP contribution in [-0.4, -0.2) is 35.6 Å². The molecule has 2 rings (SSSR count). The Labute approximate surface area is 124 Å². The number of aliphatic hydroxyl groups is 1. The Bertz CT molecular complexity index is 722. The predicted molar refractivity (Wildman–Crippen MR) is 81.4 cm³/mol. The van der Waals surface area contributed by atoms with Gasteiger partial charge in [0.25, 0.3) is 0 Å². The quantitative estimate of drug-likeness (QED) is 0.755. The summed E-state index contributed by atoms with van der Waals surface area (Å²) in [6.45, 7) is 5.46. The highest BCUT2D eigenvalue weighted by atomic mass is 32.2. The van der Waals surface area contributed by atoms with Gasteiger partial charge < -0.3 is 10.1 Å². The number of hydrogen-bond donors (Lipinski definition) is 3. The molecule has 0 saturated heterocycles. The Morgan fingerprint density at radius 3 is 2.90 bits per heavy atom. The fourth-order valence-corrected chi connectivity index (χ4v) is 3.39. The van der Waals surface area contributed by atoms with E-state index in [0.717, 1.165) is 6.42 Å². The molecule has 0 aromatic carbocycles. The molecular formula is C14H21N3O3S. The van der Waals surface area contributed by atoms with E-state index in [4.69, 9.17) is 0 Å². The van der Waals surface area contributed by atoms with Gasteiger partial charge in [-0.15, -0.1) is 0 Å². The highest BCUT2D eigenvalue weighted by molar-refractivity contribution is 7.89. The molecule has 2 aromatic heterocycles. The van der Waals surface area contributed by atoms with Gasteiger partial charge in [-0.1, -0.05) is 20.3 Å². The Morgan fingerprint density at radius 1 is 1.52 bits per heavy atom. The number of pyridine rings is 1. The molecule has 0 amide bonds. The Kier molecular flexibility index (Phi) is 4.36. The molecule has 0 aliphatic heterocycles. The first-order valence-corrected chi connectivity index (χ1v) is 8.40. The van der Waals surface area contributed by atoms with Crippen LogP contribution in [0.4, 0.5) is 0 Å². The van der Waals surface area contributed by atoms with E-state index in [-0.39, 0.29) is 17.4 Å². The molecule has 116 valence electrons. The minimum atomic E-state index is -3.70. The number of H-pyrrole nitrogens is 1. The van der Waals surface area contributed by atoms with E-state index in [0.29, 0.717) is 11.0 Å². The molecule has 3 N–H and O–H groups in total. The van der Waals surface area contributed by atoms with Gasteiger partial charge in [-0.3, -0.25) is 0 Å². The van der Waals surface area contributed by atoms with E-state index in [1.54, 1.807) is 25.3 Å². The van der Waals surface area contributed by atoms with Crippen molar-refractivity contribution in [3.8, 4) is 0 Å². The highest BCUT2D eigenvalue weighted by Crippen LogP contribution is 2.23. The summed E-state index contributed by atoms with van der Waals surface area (Å²) < 4.78 is 27.3. The van der Waals surface area contributed by atoms with Gasteiger partial charge in [-0.25, -0.2) is 18.1 Å². The first-order chi connectivity index (χ1) is 9.78. The monoisotopic (exact) mass is 311 g/mol. The topological polar surface area (TPSA) is 95.1 Å². The van der Waals surface area contributed by atoms with Crippen molar-refractivity contribution < 1.29 is 13.5 Å². The number of aromatic nitrogens is 2. The molecule has 0 saturated carbocycles. The van der Waals surface area contributed by atoms with Gasteiger partial charge in [0, 0.05) is 24.3 Å². The van der Waals surface area contributed by atoms with Crippen molar-refractivity contribution in [2.45, 2.75) is 37.7 Å². The Morgan fingerprint density at radius 2 is 2.24 bits per heavy atom. The van der Waals surface area contributed by atoms with E-state index in [1.807, 2.05) is 13.8 Å².